The molecule has 0 saturated carbocycles. The molecule has 0 unspecified atom stereocenters. The number of hydrogen-bond acceptors (Lipinski definition) is 6. The molecular weight excluding hydrogens is 336 g/mol. The van der Waals surface area contributed by atoms with Gasteiger partial charge in [0.15, 0.2) is 11.9 Å². The third-order valence-corrected chi connectivity index (χ3v) is 4.99. The maximum Gasteiger partial charge on any atom is 0.253 e. The molecule has 1 aromatic rings. The Balaban J connectivity index is 1.50. The van der Waals surface area contributed by atoms with E-state index in [1.54, 1.807) is 4.90 Å². The van der Waals surface area contributed by atoms with Gasteiger partial charge in [0.05, 0.1) is 13.2 Å². The average molecular weight is 364 g/mol. The van der Waals surface area contributed by atoms with Crippen molar-refractivity contribution in [3.8, 4) is 0 Å². The van der Waals surface area contributed by atoms with E-state index in [1.165, 1.54) is 12.8 Å². The van der Waals surface area contributed by atoms with Gasteiger partial charge >= 0.3 is 0 Å². The number of aryl methyl sites for hydroxylation is 2. The molecule has 3 rings (SSSR count). The number of nitrogens with zero attached hydrogens (tertiary/aromatic N) is 4. The molecule has 2 amide bonds. The van der Waals surface area contributed by atoms with Gasteiger partial charge in [-0.3, -0.25) is 9.59 Å². The lowest BCUT2D eigenvalue weighted by Crippen LogP contribution is -2.52. The minimum Gasteiger partial charge on any atom is -0.365 e. The van der Waals surface area contributed by atoms with Crippen LogP contribution < -0.4 is 0 Å². The topological polar surface area (TPSA) is 88.8 Å². The Labute approximate surface area is 153 Å². The van der Waals surface area contributed by atoms with Crippen molar-refractivity contribution in [3.63, 3.8) is 0 Å². The highest BCUT2D eigenvalue weighted by Crippen LogP contribution is 2.15. The van der Waals surface area contributed by atoms with E-state index in [-0.39, 0.29) is 11.8 Å². The Hall–Kier alpha value is -1.96. The summed E-state index contributed by atoms with van der Waals surface area (Å²) in [6.45, 7) is 4.80. The molecule has 144 valence electrons. The molecule has 8 nitrogen and oxygen atoms in total. The molecule has 1 atom stereocenters. The molecule has 0 aliphatic carbocycles. The van der Waals surface area contributed by atoms with E-state index in [0.717, 1.165) is 25.9 Å². The van der Waals surface area contributed by atoms with E-state index in [2.05, 4.69) is 10.1 Å². The van der Waals surface area contributed by atoms with E-state index in [0.29, 0.717) is 50.7 Å². The predicted molar refractivity (Wildman–Crippen MR) is 93.4 cm³/mol. The van der Waals surface area contributed by atoms with Crippen molar-refractivity contribution in [2.45, 2.75) is 58.0 Å². The van der Waals surface area contributed by atoms with Crippen LogP contribution >= 0.6 is 0 Å². The zero-order valence-corrected chi connectivity index (χ0v) is 15.5. The van der Waals surface area contributed by atoms with Gasteiger partial charge in [0, 0.05) is 38.9 Å². The van der Waals surface area contributed by atoms with Crippen molar-refractivity contribution in [1.82, 2.24) is 19.9 Å². The van der Waals surface area contributed by atoms with Gasteiger partial charge in [-0.05, 0) is 12.8 Å². The fourth-order valence-electron chi connectivity index (χ4n) is 3.43. The van der Waals surface area contributed by atoms with Crippen LogP contribution in [-0.4, -0.2) is 70.6 Å². The lowest BCUT2D eigenvalue weighted by atomic mass is 10.2. The maximum absolute atomic E-state index is 12.7. The zero-order valence-electron chi connectivity index (χ0n) is 15.5. The van der Waals surface area contributed by atoms with E-state index >= 15 is 0 Å². The lowest BCUT2D eigenvalue weighted by molar-refractivity contribution is -0.154. The van der Waals surface area contributed by atoms with Crippen molar-refractivity contribution in [1.29, 1.82) is 0 Å². The van der Waals surface area contributed by atoms with Crippen LogP contribution in [0.3, 0.4) is 0 Å². The number of carbonyl (C=O) groups is 2. The summed E-state index contributed by atoms with van der Waals surface area (Å²) in [6, 6.07) is 0. The number of hydrogen-bond donors (Lipinski definition) is 0. The standard InChI is InChI=1S/C18H28N4O4/c1-2-15-19-16(26-20-15)7-8-17(23)22-11-12-25-14(13-22)18(24)21-9-5-3-4-6-10-21/h14H,2-13H2,1H3/t14-/m0/s1. The van der Waals surface area contributed by atoms with Crippen LogP contribution in [0.2, 0.25) is 0 Å². The third-order valence-electron chi connectivity index (χ3n) is 4.99. The summed E-state index contributed by atoms with van der Waals surface area (Å²) >= 11 is 0. The van der Waals surface area contributed by atoms with Gasteiger partial charge in [0.25, 0.3) is 5.91 Å². The molecule has 2 fully saturated rings. The van der Waals surface area contributed by atoms with Gasteiger partial charge < -0.3 is 19.1 Å². The molecular formula is C18H28N4O4. The summed E-state index contributed by atoms with van der Waals surface area (Å²) in [5.41, 5.74) is 0. The van der Waals surface area contributed by atoms with Crippen LogP contribution in [0, 0.1) is 0 Å². The highest BCUT2D eigenvalue weighted by molar-refractivity contribution is 5.83. The average Bonchev–Trinajstić information content (AvgIpc) is 2.97. The monoisotopic (exact) mass is 364 g/mol. The van der Waals surface area contributed by atoms with E-state index in [1.807, 2.05) is 11.8 Å². The largest absolute Gasteiger partial charge is 0.365 e. The van der Waals surface area contributed by atoms with Crippen molar-refractivity contribution in [3.05, 3.63) is 11.7 Å². The van der Waals surface area contributed by atoms with Crippen molar-refractivity contribution in [2.24, 2.45) is 0 Å². The van der Waals surface area contributed by atoms with E-state index in [4.69, 9.17) is 9.26 Å². The molecule has 0 aromatic carbocycles. The lowest BCUT2D eigenvalue weighted by Gasteiger charge is -2.34. The van der Waals surface area contributed by atoms with Crippen LogP contribution in [0.15, 0.2) is 4.52 Å². The maximum atomic E-state index is 12.7. The first-order valence-corrected chi connectivity index (χ1v) is 9.67. The number of ether oxygens (including phenoxy) is 1. The number of carbonyl (C=O) groups excluding carboxylic acids is 2. The molecule has 1 aromatic heterocycles. The van der Waals surface area contributed by atoms with E-state index < -0.39 is 6.10 Å². The zero-order chi connectivity index (χ0) is 18.4. The Morgan fingerprint density at radius 3 is 2.58 bits per heavy atom. The van der Waals surface area contributed by atoms with Crippen LogP contribution in [0.25, 0.3) is 0 Å². The number of rotatable bonds is 5. The fraction of sp³-hybridized carbons (Fsp3) is 0.778. The minimum absolute atomic E-state index is 0.00165. The summed E-state index contributed by atoms with van der Waals surface area (Å²) in [4.78, 5) is 33.1. The normalized spacial score (nSPS) is 21.5. The summed E-state index contributed by atoms with van der Waals surface area (Å²) < 4.78 is 10.8. The second-order valence-electron chi connectivity index (χ2n) is 6.90. The summed E-state index contributed by atoms with van der Waals surface area (Å²) in [5, 5.41) is 3.84. The van der Waals surface area contributed by atoms with Crippen molar-refractivity contribution < 1.29 is 18.8 Å². The SMILES string of the molecule is CCc1noc(CCC(=O)N2CCO[C@H](C(=O)N3CCCCCC3)C2)n1. The number of amides is 2. The smallest absolute Gasteiger partial charge is 0.253 e. The first-order chi connectivity index (χ1) is 12.7. The summed E-state index contributed by atoms with van der Waals surface area (Å²) in [5.74, 6) is 1.16. The van der Waals surface area contributed by atoms with Gasteiger partial charge in [-0.25, -0.2) is 0 Å². The molecule has 2 aliphatic rings. The first kappa shape index (κ1) is 18.8. The molecule has 2 saturated heterocycles. The molecule has 26 heavy (non-hydrogen) atoms. The minimum atomic E-state index is -0.541. The third kappa shape index (κ3) is 4.81. The Morgan fingerprint density at radius 1 is 1.12 bits per heavy atom. The van der Waals surface area contributed by atoms with Crippen LogP contribution in [-0.2, 0) is 27.2 Å². The van der Waals surface area contributed by atoms with Gasteiger partial charge in [0.2, 0.25) is 11.8 Å². The Morgan fingerprint density at radius 2 is 1.88 bits per heavy atom. The summed E-state index contributed by atoms with van der Waals surface area (Å²) in [7, 11) is 0. The van der Waals surface area contributed by atoms with Gasteiger partial charge in [-0.1, -0.05) is 24.9 Å². The van der Waals surface area contributed by atoms with Gasteiger partial charge in [-0.2, -0.15) is 4.98 Å². The second kappa shape index (κ2) is 9.12. The first-order valence-electron chi connectivity index (χ1n) is 9.67. The molecule has 0 N–H and O–H groups in total. The predicted octanol–water partition coefficient (Wildman–Crippen LogP) is 1.19. The highest BCUT2D eigenvalue weighted by atomic mass is 16.5. The Bertz CT molecular complexity index is 610. The van der Waals surface area contributed by atoms with Gasteiger partial charge in [0.1, 0.15) is 0 Å². The second-order valence-corrected chi connectivity index (χ2v) is 6.90. The van der Waals surface area contributed by atoms with Crippen LogP contribution in [0.1, 0.15) is 50.7 Å². The van der Waals surface area contributed by atoms with Crippen molar-refractivity contribution >= 4 is 11.8 Å². The Kier molecular flexibility index (Phi) is 6.60. The number of morpholine rings is 1. The molecule has 8 heteroatoms. The van der Waals surface area contributed by atoms with E-state index in [9.17, 15) is 9.59 Å². The number of likely N-dealkylation sites (tertiary alicyclic amines) is 1. The number of aromatic nitrogens is 2. The summed E-state index contributed by atoms with van der Waals surface area (Å²) in [6.07, 6.45) is 5.34. The van der Waals surface area contributed by atoms with Gasteiger partial charge in [-0.15, -0.1) is 0 Å². The van der Waals surface area contributed by atoms with Crippen LogP contribution in [0.4, 0.5) is 0 Å². The molecule has 0 spiro atoms. The molecule has 3 heterocycles. The molecule has 0 radical (unpaired) electrons. The molecule has 2 aliphatic heterocycles. The highest BCUT2D eigenvalue weighted by Gasteiger charge is 2.32. The molecule has 0 bridgehead atoms. The quantitative estimate of drug-likeness (QED) is 0.780. The van der Waals surface area contributed by atoms with Crippen molar-refractivity contribution in [2.75, 3.05) is 32.8 Å². The fourth-order valence-corrected chi connectivity index (χ4v) is 3.43. The van der Waals surface area contributed by atoms with Crippen LogP contribution in [0.5, 0.6) is 0 Å².